The number of rotatable bonds is 7. The Morgan fingerprint density at radius 1 is 1.11 bits per heavy atom. The zero-order valence-electron chi connectivity index (χ0n) is 16.1. The highest BCUT2D eigenvalue weighted by atomic mass is 32.2. The van der Waals surface area contributed by atoms with Crippen molar-refractivity contribution in [2.75, 3.05) is 11.1 Å². The summed E-state index contributed by atoms with van der Waals surface area (Å²) in [5.74, 6) is 0.878. The summed E-state index contributed by atoms with van der Waals surface area (Å²) >= 11 is 1.28. The minimum Gasteiger partial charge on any atom is -0.360 e. The lowest BCUT2D eigenvalue weighted by atomic mass is 10.0. The summed E-state index contributed by atoms with van der Waals surface area (Å²) in [5.41, 5.74) is 1.05. The van der Waals surface area contributed by atoms with Crippen molar-refractivity contribution < 1.29 is 14.1 Å². The van der Waals surface area contributed by atoms with Crippen LogP contribution in [0.5, 0.6) is 0 Å². The number of amides is 2. The molecule has 1 aromatic heterocycles. The smallest absolute Gasteiger partial charge is 0.238 e. The zero-order valence-corrected chi connectivity index (χ0v) is 16.9. The van der Waals surface area contributed by atoms with Gasteiger partial charge in [-0.15, -0.1) is 11.8 Å². The van der Waals surface area contributed by atoms with Gasteiger partial charge in [-0.1, -0.05) is 41.6 Å². The van der Waals surface area contributed by atoms with Crippen molar-refractivity contribution in [3.8, 4) is 0 Å². The van der Waals surface area contributed by atoms with E-state index in [0.29, 0.717) is 11.6 Å². The molecule has 6 nitrogen and oxygen atoms in total. The molecular formula is C21H23N3O3S. The number of carbonyl (C=O) groups is 2. The monoisotopic (exact) mass is 397 g/mol. The second kappa shape index (κ2) is 8.93. The van der Waals surface area contributed by atoms with Crippen molar-refractivity contribution in [2.45, 2.75) is 32.1 Å². The van der Waals surface area contributed by atoms with E-state index in [1.165, 1.54) is 17.1 Å². The fourth-order valence-electron chi connectivity index (χ4n) is 2.77. The number of aryl methyl sites for hydroxylation is 1. The van der Waals surface area contributed by atoms with Crippen LogP contribution in [-0.4, -0.2) is 28.0 Å². The minimum atomic E-state index is -0.390. The maximum atomic E-state index is 12.3. The number of hydrogen-bond acceptors (Lipinski definition) is 5. The van der Waals surface area contributed by atoms with Gasteiger partial charge < -0.3 is 15.2 Å². The lowest BCUT2D eigenvalue weighted by Gasteiger charge is -2.16. The van der Waals surface area contributed by atoms with Crippen LogP contribution in [0.15, 0.2) is 53.1 Å². The summed E-state index contributed by atoms with van der Waals surface area (Å²) < 4.78 is 4.92. The molecule has 2 N–H and O–H groups in total. The molecule has 0 saturated carbocycles. The highest BCUT2D eigenvalue weighted by Gasteiger charge is 2.18. The van der Waals surface area contributed by atoms with Gasteiger partial charge in [0, 0.05) is 6.07 Å². The van der Waals surface area contributed by atoms with Crippen molar-refractivity contribution >= 4 is 40.2 Å². The number of hydrogen-bond donors (Lipinski definition) is 2. The van der Waals surface area contributed by atoms with E-state index in [9.17, 15) is 9.59 Å². The first-order valence-electron chi connectivity index (χ1n) is 9.06. The fourth-order valence-corrected chi connectivity index (χ4v) is 3.47. The van der Waals surface area contributed by atoms with Gasteiger partial charge in [-0.05, 0) is 43.2 Å². The third-order valence-corrected chi connectivity index (χ3v) is 5.51. The first-order valence-corrected chi connectivity index (χ1v) is 10.1. The predicted octanol–water partition coefficient (Wildman–Crippen LogP) is 4.07. The molecule has 0 aliphatic carbocycles. The van der Waals surface area contributed by atoms with Crippen LogP contribution >= 0.6 is 11.8 Å². The van der Waals surface area contributed by atoms with Crippen molar-refractivity contribution in [3.05, 3.63) is 59.9 Å². The molecule has 0 bridgehead atoms. The van der Waals surface area contributed by atoms with Gasteiger partial charge in [-0.25, -0.2) is 0 Å². The van der Waals surface area contributed by atoms with Crippen LogP contribution in [0.4, 0.5) is 5.82 Å². The van der Waals surface area contributed by atoms with E-state index in [0.717, 1.165) is 10.9 Å². The Morgan fingerprint density at radius 3 is 2.57 bits per heavy atom. The Balaban J connectivity index is 1.49. The molecule has 3 aromatic rings. The first-order chi connectivity index (χ1) is 13.4. The van der Waals surface area contributed by atoms with Crippen LogP contribution in [0.2, 0.25) is 0 Å². The molecule has 3 rings (SSSR count). The molecule has 0 fully saturated rings. The summed E-state index contributed by atoms with van der Waals surface area (Å²) in [4.78, 5) is 24.4. The number of fused-ring (bicyclic) bond motifs is 1. The molecule has 2 unspecified atom stereocenters. The van der Waals surface area contributed by atoms with Crippen molar-refractivity contribution in [3.63, 3.8) is 0 Å². The Labute approximate surface area is 168 Å². The fraction of sp³-hybridized carbons (Fsp3) is 0.286. The molecule has 146 valence electrons. The maximum Gasteiger partial charge on any atom is 0.238 e. The summed E-state index contributed by atoms with van der Waals surface area (Å²) in [6.07, 6.45) is 0. The molecule has 2 aromatic carbocycles. The summed E-state index contributed by atoms with van der Waals surface area (Å²) in [6.45, 7) is 5.46. The number of nitrogens with zero attached hydrogens (tertiary/aromatic N) is 1. The maximum absolute atomic E-state index is 12.3. The molecule has 7 heteroatoms. The number of aromatic nitrogens is 1. The molecule has 2 atom stereocenters. The number of nitrogens with one attached hydrogen (secondary N) is 2. The lowest BCUT2D eigenvalue weighted by Crippen LogP contribution is -2.30. The molecule has 0 saturated heterocycles. The third-order valence-electron chi connectivity index (χ3n) is 4.36. The van der Waals surface area contributed by atoms with Crippen molar-refractivity contribution in [1.29, 1.82) is 0 Å². The van der Waals surface area contributed by atoms with E-state index in [4.69, 9.17) is 4.52 Å². The number of thioether (sulfide) groups is 1. The Kier molecular flexibility index (Phi) is 6.36. The molecule has 28 heavy (non-hydrogen) atoms. The van der Waals surface area contributed by atoms with Crippen molar-refractivity contribution in [1.82, 2.24) is 10.5 Å². The first kappa shape index (κ1) is 19.9. The van der Waals surface area contributed by atoms with Gasteiger partial charge in [0.05, 0.1) is 17.0 Å². The summed E-state index contributed by atoms with van der Waals surface area (Å²) in [7, 11) is 0. The zero-order chi connectivity index (χ0) is 20.1. The normalized spacial score (nSPS) is 13.1. The van der Waals surface area contributed by atoms with Crippen LogP contribution in [0.25, 0.3) is 10.8 Å². The lowest BCUT2D eigenvalue weighted by molar-refractivity contribution is -0.119. The third kappa shape index (κ3) is 5.13. The van der Waals surface area contributed by atoms with Crippen LogP contribution < -0.4 is 10.6 Å². The van der Waals surface area contributed by atoms with Crippen LogP contribution in [0.1, 0.15) is 31.2 Å². The minimum absolute atomic E-state index is 0.109. The Hall–Kier alpha value is -2.80. The molecule has 0 radical (unpaired) electrons. The summed E-state index contributed by atoms with van der Waals surface area (Å²) in [5, 5.41) is 11.3. The van der Waals surface area contributed by atoms with Gasteiger partial charge in [0.1, 0.15) is 5.76 Å². The second-order valence-electron chi connectivity index (χ2n) is 6.66. The Morgan fingerprint density at radius 2 is 1.86 bits per heavy atom. The SMILES string of the molecule is Cc1cc(NC(=O)C(C)SCC(=O)NC(C)c2ccc3ccccc3c2)no1. The van der Waals surface area contributed by atoms with Gasteiger partial charge in [0.2, 0.25) is 11.8 Å². The van der Waals surface area contributed by atoms with E-state index in [1.54, 1.807) is 19.9 Å². The highest BCUT2D eigenvalue weighted by Crippen LogP contribution is 2.21. The molecule has 0 spiro atoms. The highest BCUT2D eigenvalue weighted by molar-refractivity contribution is 8.01. The van der Waals surface area contributed by atoms with E-state index < -0.39 is 5.25 Å². The van der Waals surface area contributed by atoms with Gasteiger partial charge in [-0.2, -0.15) is 0 Å². The quantitative estimate of drug-likeness (QED) is 0.628. The van der Waals surface area contributed by atoms with Crippen LogP contribution in [-0.2, 0) is 9.59 Å². The van der Waals surface area contributed by atoms with Crippen LogP contribution in [0, 0.1) is 6.92 Å². The average Bonchev–Trinajstić information content (AvgIpc) is 3.10. The summed E-state index contributed by atoms with van der Waals surface area (Å²) in [6, 6.07) is 15.8. The second-order valence-corrected chi connectivity index (χ2v) is 7.99. The molecule has 2 amide bonds. The predicted molar refractivity (Wildman–Crippen MR) is 112 cm³/mol. The number of benzene rings is 2. The topological polar surface area (TPSA) is 84.2 Å². The molecule has 1 heterocycles. The van der Waals surface area contributed by atoms with Crippen molar-refractivity contribution in [2.24, 2.45) is 0 Å². The number of anilines is 1. The number of carbonyl (C=O) groups excluding carboxylic acids is 2. The van der Waals surface area contributed by atoms with Crippen LogP contribution in [0.3, 0.4) is 0 Å². The van der Waals surface area contributed by atoms with E-state index >= 15 is 0 Å². The molecule has 0 aliphatic rings. The van der Waals surface area contributed by atoms with Gasteiger partial charge in [-0.3, -0.25) is 9.59 Å². The molecule has 0 aliphatic heterocycles. The standard InChI is InChI=1S/C21H23N3O3S/c1-13-10-19(24-27-13)23-21(26)15(3)28-12-20(25)22-14(2)17-9-8-16-6-4-5-7-18(16)11-17/h4-11,14-15H,12H2,1-3H3,(H,22,25)(H,23,24,26). The van der Waals surface area contributed by atoms with Gasteiger partial charge in [0.25, 0.3) is 0 Å². The van der Waals surface area contributed by atoms with Gasteiger partial charge in [0.15, 0.2) is 5.82 Å². The van der Waals surface area contributed by atoms with Gasteiger partial charge >= 0.3 is 0 Å². The van der Waals surface area contributed by atoms with E-state index in [1.807, 2.05) is 25.1 Å². The van der Waals surface area contributed by atoms with E-state index in [-0.39, 0.29) is 23.6 Å². The average molecular weight is 398 g/mol. The van der Waals surface area contributed by atoms with E-state index in [2.05, 4.69) is 40.1 Å². The largest absolute Gasteiger partial charge is 0.360 e. The molecular weight excluding hydrogens is 374 g/mol. The Bertz CT molecular complexity index is 986.